The van der Waals surface area contributed by atoms with Gasteiger partial charge in [0, 0.05) is 5.97 Å². The second kappa shape index (κ2) is 23.3. The minimum Gasteiger partial charge on any atom is -0.550 e. The van der Waals surface area contributed by atoms with E-state index >= 15 is 0 Å². The Balaban J connectivity index is 0. The van der Waals surface area contributed by atoms with Crippen LogP contribution in [0.15, 0.2) is 0 Å². The molecule has 0 saturated carbocycles. The lowest BCUT2D eigenvalue weighted by Crippen LogP contribution is -2.21. The van der Waals surface area contributed by atoms with Crippen LogP contribution < -0.4 is 5.11 Å². The zero-order valence-corrected chi connectivity index (χ0v) is 16.2. The monoisotopic (exact) mass is 323 g/mol. The second-order valence-electron chi connectivity index (χ2n) is 6.07. The number of carboxylic acid groups (broad SMARTS) is 1. The number of aliphatic carboxylic acids is 1. The van der Waals surface area contributed by atoms with E-state index in [4.69, 9.17) is 3.17 Å². The Hall–Kier alpha value is 0.0362. The van der Waals surface area contributed by atoms with Gasteiger partial charge in [0.2, 0.25) is 0 Å². The van der Waals surface area contributed by atoms with Crippen molar-refractivity contribution in [2.24, 2.45) is 0 Å². The van der Waals surface area contributed by atoms with Gasteiger partial charge < -0.3 is 9.90 Å². The van der Waals surface area contributed by atoms with E-state index in [1.165, 1.54) is 83.5 Å². The third-order valence-corrected chi connectivity index (χ3v) is 3.98. The summed E-state index contributed by atoms with van der Waals surface area (Å²) >= 11 is 0.611. The summed E-state index contributed by atoms with van der Waals surface area (Å²) in [5.41, 5.74) is 0. The summed E-state index contributed by atoms with van der Waals surface area (Å²) in [5, 5.41) is 10.2. The van der Waals surface area contributed by atoms with Crippen LogP contribution in [0.4, 0.5) is 0 Å². The number of rotatable bonds is 16. The Morgan fingerprint density at radius 2 is 0.909 bits per heavy atom. The fraction of sp³-hybridized carbons (Fsp3) is 0.944. The average Bonchev–Trinajstić information content (AvgIpc) is 2.53. The van der Waals surface area contributed by atoms with Crippen molar-refractivity contribution in [2.75, 3.05) is 0 Å². The van der Waals surface area contributed by atoms with Gasteiger partial charge in [-0.3, -0.25) is 0 Å². The number of hydrogen-bond donors (Lipinski definition) is 0. The summed E-state index contributed by atoms with van der Waals surface area (Å²) in [5.74, 6) is -0.903. The Kier molecular flexibility index (Phi) is 25.7. The molecule has 0 aromatic carbocycles. The summed E-state index contributed by atoms with van der Waals surface area (Å²) in [7, 11) is 0. The number of hydrogen-bond acceptors (Lipinski definition) is 3. The van der Waals surface area contributed by atoms with Crippen LogP contribution in [0.3, 0.4) is 0 Å². The molecule has 0 aromatic heterocycles. The maximum atomic E-state index is 10.2. The molecule has 3 nitrogen and oxygen atoms in total. The predicted octanol–water partition coefficient (Wildman–Crippen LogP) is 4.50. The number of carbonyl (C=O) groups excluding carboxylic acids is 1. The maximum Gasteiger partial charge on any atom is 1.25 e. The van der Waals surface area contributed by atoms with Crippen molar-refractivity contribution >= 4 is 27.7 Å². The van der Waals surface area contributed by atoms with E-state index in [2.05, 4.69) is 6.92 Å². The minimum atomic E-state index is -0.903. The van der Waals surface area contributed by atoms with Gasteiger partial charge in [0.15, 0.2) is 0 Å². The minimum absolute atomic E-state index is 0.234. The largest absolute Gasteiger partial charge is 1.25 e. The fourth-order valence-electron chi connectivity index (χ4n) is 2.64. The Morgan fingerprint density at radius 1 is 0.636 bits per heavy atom. The summed E-state index contributed by atoms with van der Waals surface area (Å²) in [6, 6.07) is 0. The van der Waals surface area contributed by atoms with Gasteiger partial charge in [-0.1, -0.05) is 96.8 Å². The molecule has 22 heavy (non-hydrogen) atoms. The fourth-order valence-corrected chi connectivity index (χ4v) is 2.64. The summed E-state index contributed by atoms with van der Waals surface area (Å²) in [4.78, 5) is 10.2. The van der Waals surface area contributed by atoms with Crippen molar-refractivity contribution < 1.29 is 13.1 Å². The van der Waals surface area contributed by atoms with Crippen molar-refractivity contribution in [2.45, 2.75) is 110 Å². The van der Waals surface area contributed by atoms with E-state index in [0.29, 0.717) is 21.7 Å². The first-order valence-electron chi connectivity index (χ1n) is 9.26. The third-order valence-electron chi connectivity index (χ3n) is 3.98. The molecule has 0 spiro atoms. The SMILES string of the molecule is CCCCCCCCCCCCCCCCCC(=O)[O-].[O]=[Mg+]. The van der Waals surface area contributed by atoms with Gasteiger partial charge in [0.1, 0.15) is 0 Å². The predicted molar refractivity (Wildman–Crippen MR) is 91.0 cm³/mol. The van der Waals surface area contributed by atoms with Crippen LogP contribution >= 0.6 is 0 Å². The zero-order valence-electron chi connectivity index (χ0n) is 14.7. The molecule has 0 aliphatic rings. The molecular formula is C18H35MgO3. The van der Waals surface area contributed by atoms with Gasteiger partial charge in [0.25, 0.3) is 0 Å². The van der Waals surface area contributed by atoms with E-state index in [0.717, 1.165) is 12.8 Å². The standard InChI is InChI=1S/C18H36O2.Mg.O/c1-2-3-4-5-6-7-8-9-10-11-12-13-14-15-16-17-18(19)20;;/h2-17H2,1H3,(H,19,20);;/q;+1;/p-1. The van der Waals surface area contributed by atoms with E-state index in [-0.39, 0.29) is 6.42 Å². The second-order valence-corrected chi connectivity index (χ2v) is 6.07. The van der Waals surface area contributed by atoms with Gasteiger partial charge in [0.05, 0.1) is 0 Å². The lowest BCUT2D eigenvalue weighted by atomic mass is 10.0. The molecule has 4 heteroatoms. The van der Waals surface area contributed by atoms with E-state index in [1.54, 1.807) is 0 Å². The molecular weight excluding hydrogens is 288 g/mol. The molecule has 0 N–H and O–H groups in total. The summed E-state index contributed by atoms with van der Waals surface area (Å²) < 4.78 is 8.28. The van der Waals surface area contributed by atoms with Crippen LogP contribution in [0.25, 0.3) is 0 Å². The van der Waals surface area contributed by atoms with Gasteiger partial charge in [-0.05, 0) is 12.8 Å². The van der Waals surface area contributed by atoms with Crippen molar-refractivity contribution in [1.82, 2.24) is 0 Å². The molecule has 0 saturated heterocycles. The first-order valence-corrected chi connectivity index (χ1v) is 9.83. The lowest BCUT2D eigenvalue weighted by molar-refractivity contribution is -0.305. The van der Waals surface area contributed by atoms with Crippen LogP contribution in [-0.4, -0.2) is 27.7 Å². The van der Waals surface area contributed by atoms with E-state index in [1.807, 2.05) is 0 Å². The molecule has 0 amide bonds. The topological polar surface area (TPSA) is 57.2 Å². The molecule has 0 unspecified atom stereocenters. The highest BCUT2D eigenvalue weighted by Gasteiger charge is 1.94. The number of carboxylic acids is 1. The average molecular weight is 324 g/mol. The molecule has 5 radical (unpaired) electrons. The Morgan fingerprint density at radius 3 is 1.18 bits per heavy atom. The molecule has 0 heterocycles. The summed E-state index contributed by atoms with van der Waals surface area (Å²) in [6.07, 6.45) is 19.9. The van der Waals surface area contributed by atoms with Crippen LogP contribution in [0.2, 0.25) is 0 Å². The molecule has 0 aromatic rings. The van der Waals surface area contributed by atoms with Crippen molar-refractivity contribution in [3.63, 3.8) is 0 Å². The highest BCUT2D eigenvalue weighted by atomic mass is 24.4. The molecule has 0 fully saturated rings. The van der Waals surface area contributed by atoms with Crippen LogP contribution in [0, 0.1) is 0 Å². The first kappa shape index (κ1) is 24.3. The molecule has 127 valence electrons. The van der Waals surface area contributed by atoms with Gasteiger partial charge in [-0.15, -0.1) is 0 Å². The first-order chi connectivity index (χ1) is 10.8. The van der Waals surface area contributed by atoms with Crippen molar-refractivity contribution in [3.05, 3.63) is 0 Å². The van der Waals surface area contributed by atoms with Crippen molar-refractivity contribution in [1.29, 1.82) is 0 Å². The van der Waals surface area contributed by atoms with E-state index < -0.39 is 5.97 Å². The van der Waals surface area contributed by atoms with Crippen LogP contribution in [-0.2, 0) is 7.97 Å². The third kappa shape index (κ3) is 25.0. The van der Waals surface area contributed by atoms with E-state index in [9.17, 15) is 9.90 Å². The molecule has 0 atom stereocenters. The molecule has 0 rings (SSSR count). The van der Waals surface area contributed by atoms with Crippen LogP contribution in [0.5, 0.6) is 0 Å². The Labute approximate surface area is 150 Å². The molecule has 0 bridgehead atoms. The quantitative estimate of drug-likeness (QED) is 0.310. The van der Waals surface area contributed by atoms with Gasteiger partial charge in [-0.25, -0.2) is 3.17 Å². The normalized spacial score (nSPS) is 10.0. The number of carbonyl (C=O) groups is 1. The Bertz CT molecular complexity index is 222. The zero-order chi connectivity index (χ0) is 16.9. The lowest BCUT2D eigenvalue weighted by Gasteiger charge is -2.04. The van der Waals surface area contributed by atoms with Crippen LogP contribution in [0.1, 0.15) is 110 Å². The van der Waals surface area contributed by atoms with Crippen molar-refractivity contribution in [3.8, 4) is 0 Å². The molecule has 0 aliphatic heterocycles. The number of unbranched alkanes of at least 4 members (excludes halogenated alkanes) is 14. The smallest absolute Gasteiger partial charge is 0.550 e. The summed E-state index contributed by atoms with van der Waals surface area (Å²) in [6.45, 7) is 2.27. The van der Waals surface area contributed by atoms with Gasteiger partial charge in [-0.2, -0.15) is 0 Å². The highest BCUT2D eigenvalue weighted by molar-refractivity contribution is 5.85. The maximum absolute atomic E-state index is 10.2. The van der Waals surface area contributed by atoms with Gasteiger partial charge >= 0.3 is 21.7 Å². The molecule has 0 aliphatic carbocycles. The highest BCUT2D eigenvalue weighted by Crippen LogP contribution is 2.13.